The number of carbonyl (C=O) groups is 1. The first-order valence-corrected chi connectivity index (χ1v) is 5.85. The van der Waals surface area contributed by atoms with E-state index < -0.39 is 0 Å². The van der Waals surface area contributed by atoms with Gasteiger partial charge in [0.25, 0.3) is 0 Å². The third kappa shape index (κ3) is 4.45. The van der Waals surface area contributed by atoms with Crippen LogP contribution in [0.1, 0.15) is 32.3 Å². The summed E-state index contributed by atoms with van der Waals surface area (Å²) >= 11 is 0. The summed E-state index contributed by atoms with van der Waals surface area (Å²) in [6.07, 6.45) is 1.66. The van der Waals surface area contributed by atoms with Crippen LogP contribution in [0, 0.1) is 0 Å². The van der Waals surface area contributed by atoms with Crippen LogP contribution in [-0.4, -0.2) is 12.5 Å². The largest absolute Gasteiger partial charge is 0.326 e. The van der Waals surface area contributed by atoms with Crippen molar-refractivity contribution < 1.29 is 4.79 Å². The van der Waals surface area contributed by atoms with E-state index in [1.54, 1.807) is 0 Å². The van der Waals surface area contributed by atoms with Crippen molar-refractivity contribution in [2.45, 2.75) is 33.2 Å². The summed E-state index contributed by atoms with van der Waals surface area (Å²) in [7, 11) is 0. The molecule has 16 heavy (non-hydrogen) atoms. The maximum absolute atomic E-state index is 11.2. The zero-order chi connectivity index (χ0) is 11.8. The Hall–Kier alpha value is -1.35. The summed E-state index contributed by atoms with van der Waals surface area (Å²) in [4.78, 5) is 11.2. The van der Waals surface area contributed by atoms with Gasteiger partial charge in [-0.3, -0.25) is 4.79 Å². The molecule has 0 fully saturated rings. The van der Waals surface area contributed by atoms with Gasteiger partial charge in [-0.1, -0.05) is 26.0 Å². The lowest BCUT2D eigenvalue weighted by Crippen LogP contribution is -2.14. The predicted octanol–water partition coefficient (Wildman–Crippen LogP) is 2.53. The molecule has 1 aromatic carbocycles. The second-order valence-electron chi connectivity index (χ2n) is 3.78. The number of amides is 1. The Morgan fingerprint density at radius 3 is 2.44 bits per heavy atom. The Labute approximate surface area is 97.2 Å². The van der Waals surface area contributed by atoms with Gasteiger partial charge >= 0.3 is 0 Å². The van der Waals surface area contributed by atoms with Crippen LogP contribution >= 0.6 is 0 Å². The smallest absolute Gasteiger partial charge is 0.224 e. The molecule has 1 rings (SSSR count). The highest BCUT2D eigenvalue weighted by Gasteiger charge is 1.98. The van der Waals surface area contributed by atoms with E-state index in [0.717, 1.165) is 25.2 Å². The van der Waals surface area contributed by atoms with Crippen LogP contribution in [-0.2, 0) is 11.3 Å². The zero-order valence-corrected chi connectivity index (χ0v) is 10.0. The monoisotopic (exact) mass is 220 g/mol. The number of nitrogens with one attached hydrogen (secondary N) is 2. The molecule has 0 heterocycles. The molecule has 0 spiro atoms. The fourth-order valence-electron chi connectivity index (χ4n) is 1.36. The molecular formula is C13H20N2O. The van der Waals surface area contributed by atoms with Gasteiger partial charge in [-0.25, -0.2) is 0 Å². The highest BCUT2D eigenvalue weighted by Crippen LogP contribution is 2.09. The maximum Gasteiger partial charge on any atom is 0.224 e. The minimum absolute atomic E-state index is 0.0526. The molecule has 3 heteroatoms. The van der Waals surface area contributed by atoms with Gasteiger partial charge in [-0.05, 0) is 30.7 Å². The number of anilines is 1. The van der Waals surface area contributed by atoms with E-state index in [9.17, 15) is 4.79 Å². The summed E-state index contributed by atoms with van der Waals surface area (Å²) in [6.45, 7) is 5.92. The van der Waals surface area contributed by atoms with Crippen molar-refractivity contribution in [3.8, 4) is 0 Å². The van der Waals surface area contributed by atoms with Crippen molar-refractivity contribution in [1.82, 2.24) is 5.32 Å². The van der Waals surface area contributed by atoms with Crippen molar-refractivity contribution in [2.75, 3.05) is 11.9 Å². The average Bonchev–Trinajstić information content (AvgIpc) is 2.31. The number of hydrogen-bond acceptors (Lipinski definition) is 2. The number of benzene rings is 1. The molecule has 0 unspecified atom stereocenters. The van der Waals surface area contributed by atoms with Crippen LogP contribution in [0.5, 0.6) is 0 Å². The first-order chi connectivity index (χ1) is 7.76. The molecule has 0 aromatic heterocycles. The van der Waals surface area contributed by atoms with Gasteiger partial charge in [0.15, 0.2) is 0 Å². The first-order valence-electron chi connectivity index (χ1n) is 5.85. The van der Waals surface area contributed by atoms with E-state index in [4.69, 9.17) is 0 Å². The summed E-state index contributed by atoms with van der Waals surface area (Å²) in [5, 5.41) is 6.16. The molecule has 1 aromatic rings. The molecule has 0 radical (unpaired) electrons. The Morgan fingerprint density at radius 1 is 1.19 bits per heavy atom. The number of rotatable bonds is 6. The molecule has 0 aliphatic heterocycles. The molecule has 0 saturated carbocycles. The zero-order valence-electron chi connectivity index (χ0n) is 10.0. The molecule has 88 valence electrons. The van der Waals surface area contributed by atoms with Crippen LogP contribution in [0.4, 0.5) is 5.69 Å². The van der Waals surface area contributed by atoms with Gasteiger partial charge in [0.05, 0.1) is 0 Å². The lowest BCUT2D eigenvalue weighted by atomic mass is 10.2. The molecule has 0 aliphatic rings. The lowest BCUT2D eigenvalue weighted by Gasteiger charge is -2.06. The van der Waals surface area contributed by atoms with Gasteiger partial charge in [0.1, 0.15) is 0 Å². The topological polar surface area (TPSA) is 41.1 Å². The summed E-state index contributed by atoms with van der Waals surface area (Å²) < 4.78 is 0. The van der Waals surface area contributed by atoms with Gasteiger partial charge < -0.3 is 10.6 Å². The van der Waals surface area contributed by atoms with Crippen molar-refractivity contribution in [1.29, 1.82) is 0 Å². The van der Waals surface area contributed by atoms with Crippen LogP contribution in [0.2, 0.25) is 0 Å². The van der Waals surface area contributed by atoms with Crippen molar-refractivity contribution in [3.63, 3.8) is 0 Å². The molecular weight excluding hydrogens is 200 g/mol. The standard InChI is InChI=1S/C13H20N2O/c1-3-9-14-10-11-5-7-12(8-6-11)15-13(16)4-2/h5-8,14H,3-4,9-10H2,1-2H3,(H,15,16). The molecule has 3 nitrogen and oxygen atoms in total. The van der Waals surface area contributed by atoms with E-state index in [1.807, 2.05) is 31.2 Å². The van der Waals surface area contributed by atoms with Crippen LogP contribution in [0.15, 0.2) is 24.3 Å². The highest BCUT2D eigenvalue weighted by molar-refractivity contribution is 5.90. The van der Waals surface area contributed by atoms with E-state index >= 15 is 0 Å². The Kier molecular flexibility index (Phi) is 5.57. The molecule has 0 atom stereocenters. The van der Waals surface area contributed by atoms with Crippen LogP contribution in [0.25, 0.3) is 0 Å². The molecule has 1 amide bonds. The Bertz CT molecular complexity index is 319. The predicted molar refractivity (Wildman–Crippen MR) is 67.4 cm³/mol. The van der Waals surface area contributed by atoms with E-state index in [-0.39, 0.29) is 5.91 Å². The van der Waals surface area contributed by atoms with Gasteiger partial charge in [0.2, 0.25) is 5.91 Å². The van der Waals surface area contributed by atoms with Gasteiger partial charge in [0, 0.05) is 18.7 Å². The fourth-order valence-corrected chi connectivity index (χ4v) is 1.36. The second kappa shape index (κ2) is 7.01. The van der Waals surface area contributed by atoms with E-state index in [2.05, 4.69) is 17.6 Å². The first kappa shape index (κ1) is 12.7. The highest BCUT2D eigenvalue weighted by atomic mass is 16.1. The van der Waals surface area contributed by atoms with E-state index in [1.165, 1.54) is 5.56 Å². The minimum Gasteiger partial charge on any atom is -0.326 e. The molecule has 0 aliphatic carbocycles. The van der Waals surface area contributed by atoms with Gasteiger partial charge in [-0.15, -0.1) is 0 Å². The molecule has 0 saturated heterocycles. The average molecular weight is 220 g/mol. The number of hydrogen-bond donors (Lipinski definition) is 2. The van der Waals surface area contributed by atoms with Crippen molar-refractivity contribution in [3.05, 3.63) is 29.8 Å². The summed E-state index contributed by atoms with van der Waals surface area (Å²) in [6, 6.07) is 7.95. The second-order valence-corrected chi connectivity index (χ2v) is 3.78. The van der Waals surface area contributed by atoms with Crippen molar-refractivity contribution in [2.24, 2.45) is 0 Å². The van der Waals surface area contributed by atoms with E-state index in [0.29, 0.717) is 6.42 Å². The molecule has 2 N–H and O–H groups in total. The molecule has 0 bridgehead atoms. The van der Waals surface area contributed by atoms with Crippen LogP contribution in [0.3, 0.4) is 0 Å². The quantitative estimate of drug-likeness (QED) is 0.723. The summed E-state index contributed by atoms with van der Waals surface area (Å²) in [5.41, 5.74) is 2.11. The summed E-state index contributed by atoms with van der Waals surface area (Å²) in [5.74, 6) is 0.0526. The normalized spacial score (nSPS) is 10.1. The maximum atomic E-state index is 11.2. The fraction of sp³-hybridized carbons (Fsp3) is 0.462. The van der Waals surface area contributed by atoms with Crippen molar-refractivity contribution >= 4 is 11.6 Å². The Morgan fingerprint density at radius 2 is 1.88 bits per heavy atom. The third-order valence-electron chi connectivity index (χ3n) is 2.31. The Balaban J connectivity index is 2.44. The lowest BCUT2D eigenvalue weighted by molar-refractivity contribution is -0.115. The SMILES string of the molecule is CCCNCc1ccc(NC(=O)CC)cc1. The minimum atomic E-state index is 0.0526. The third-order valence-corrected chi connectivity index (χ3v) is 2.31. The number of carbonyl (C=O) groups excluding carboxylic acids is 1. The van der Waals surface area contributed by atoms with Gasteiger partial charge in [-0.2, -0.15) is 0 Å². The van der Waals surface area contributed by atoms with Crippen LogP contribution < -0.4 is 10.6 Å².